The second-order valence-electron chi connectivity index (χ2n) is 6.46. The molecule has 1 fully saturated rings. The lowest BCUT2D eigenvalue weighted by Gasteiger charge is -2.31. The molecule has 0 radical (unpaired) electrons. The summed E-state index contributed by atoms with van der Waals surface area (Å²) in [6.07, 6.45) is -2.01. The zero-order valence-corrected chi connectivity index (χ0v) is 14.9. The maximum atomic E-state index is 12.7. The molecule has 26 heavy (non-hydrogen) atoms. The third-order valence-corrected chi connectivity index (χ3v) is 4.83. The summed E-state index contributed by atoms with van der Waals surface area (Å²) in [5.74, 6) is 0.791. The number of rotatable bonds is 3. The van der Waals surface area contributed by atoms with Crippen molar-refractivity contribution in [2.45, 2.75) is 38.4 Å². The summed E-state index contributed by atoms with van der Waals surface area (Å²) in [6, 6.07) is 2.45. The van der Waals surface area contributed by atoms with E-state index in [1.54, 1.807) is 6.92 Å². The Labute approximate surface area is 153 Å². The fraction of sp³-hybridized carbons (Fsp3) is 0.471. The molecule has 2 aromatic rings. The molecule has 3 heterocycles. The van der Waals surface area contributed by atoms with Crippen molar-refractivity contribution >= 4 is 11.6 Å². The van der Waals surface area contributed by atoms with E-state index < -0.39 is 11.7 Å². The van der Waals surface area contributed by atoms with Crippen molar-refractivity contribution in [3.8, 4) is 0 Å². The van der Waals surface area contributed by atoms with Gasteiger partial charge in [-0.15, -0.1) is 0 Å². The molecule has 0 saturated carbocycles. The summed E-state index contributed by atoms with van der Waals surface area (Å²) in [5, 5.41) is 0.0221. The Morgan fingerprint density at radius 3 is 2.58 bits per heavy atom. The molecule has 0 spiro atoms. The molecule has 2 aromatic heterocycles. The molecule has 3 rings (SSSR count). The molecule has 0 aromatic carbocycles. The molecule has 0 aliphatic carbocycles. The number of likely N-dealkylation sites (tertiary alicyclic amines) is 1. The molecule has 0 bridgehead atoms. The minimum absolute atomic E-state index is 0.0221. The van der Waals surface area contributed by atoms with Gasteiger partial charge in [0, 0.05) is 24.7 Å². The molecule has 0 amide bonds. The molecule has 0 atom stereocenters. The molecule has 1 saturated heterocycles. The van der Waals surface area contributed by atoms with Crippen molar-refractivity contribution in [2.75, 3.05) is 13.1 Å². The zero-order chi connectivity index (χ0) is 18.9. The van der Waals surface area contributed by atoms with Gasteiger partial charge in [-0.3, -0.25) is 14.7 Å². The number of H-pyrrole nitrogens is 1. The largest absolute Gasteiger partial charge is 0.417 e. The van der Waals surface area contributed by atoms with E-state index in [0.29, 0.717) is 18.1 Å². The molecule has 9 heteroatoms. The molecular weight excluding hydrogens is 369 g/mol. The Morgan fingerprint density at radius 1 is 1.31 bits per heavy atom. The van der Waals surface area contributed by atoms with Crippen molar-refractivity contribution in [3.63, 3.8) is 0 Å². The Hall–Kier alpha value is -1.93. The topological polar surface area (TPSA) is 61.9 Å². The van der Waals surface area contributed by atoms with Gasteiger partial charge in [0.15, 0.2) is 0 Å². The number of aromatic amines is 1. The number of aryl methyl sites for hydroxylation is 1. The Kier molecular flexibility index (Phi) is 5.34. The van der Waals surface area contributed by atoms with E-state index in [0.717, 1.165) is 43.9 Å². The normalized spacial score (nSPS) is 16.8. The maximum Gasteiger partial charge on any atom is 0.417 e. The van der Waals surface area contributed by atoms with Gasteiger partial charge in [-0.05, 0) is 38.9 Å². The molecule has 140 valence electrons. The minimum atomic E-state index is -4.45. The van der Waals surface area contributed by atoms with Crippen LogP contribution in [0, 0.1) is 6.92 Å². The quantitative estimate of drug-likeness (QED) is 0.876. The van der Waals surface area contributed by atoms with Crippen LogP contribution < -0.4 is 5.56 Å². The van der Waals surface area contributed by atoms with Crippen molar-refractivity contribution in [3.05, 3.63) is 56.5 Å². The van der Waals surface area contributed by atoms with Crippen LogP contribution in [0.2, 0.25) is 5.02 Å². The van der Waals surface area contributed by atoms with Crippen molar-refractivity contribution < 1.29 is 13.2 Å². The van der Waals surface area contributed by atoms with Crippen LogP contribution in [0.3, 0.4) is 0 Å². The maximum absolute atomic E-state index is 12.7. The second kappa shape index (κ2) is 7.36. The van der Waals surface area contributed by atoms with Crippen LogP contribution >= 0.6 is 11.6 Å². The summed E-state index contributed by atoms with van der Waals surface area (Å²) in [5.41, 5.74) is 0.219. The molecule has 0 unspecified atom stereocenters. The number of piperidine rings is 1. The monoisotopic (exact) mass is 386 g/mol. The summed E-state index contributed by atoms with van der Waals surface area (Å²) >= 11 is 5.98. The molecule has 5 nitrogen and oxygen atoms in total. The number of alkyl halides is 3. The highest BCUT2D eigenvalue weighted by Gasteiger charge is 2.32. The fourth-order valence-electron chi connectivity index (χ4n) is 3.15. The average Bonchev–Trinajstić information content (AvgIpc) is 2.55. The van der Waals surface area contributed by atoms with Crippen LogP contribution in [0.25, 0.3) is 0 Å². The van der Waals surface area contributed by atoms with Crippen LogP contribution in [0.4, 0.5) is 13.2 Å². The van der Waals surface area contributed by atoms with Crippen molar-refractivity contribution in [1.29, 1.82) is 0 Å². The van der Waals surface area contributed by atoms with E-state index in [-0.39, 0.29) is 16.5 Å². The number of pyridine rings is 1. The van der Waals surface area contributed by atoms with E-state index in [1.165, 1.54) is 6.07 Å². The fourth-order valence-corrected chi connectivity index (χ4v) is 3.37. The molecule has 1 aliphatic rings. The average molecular weight is 387 g/mol. The molecular formula is C17H18ClF3N4O. The van der Waals surface area contributed by atoms with Gasteiger partial charge in [0.2, 0.25) is 0 Å². The third kappa shape index (κ3) is 4.42. The van der Waals surface area contributed by atoms with Crippen LogP contribution in [-0.4, -0.2) is 32.9 Å². The smallest absolute Gasteiger partial charge is 0.311 e. The van der Waals surface area contributed by atoms with Crippen molar-refractivity contribution in [2.24, 2.45) is 0 Å². The predicted molar refractivity (Wildman–Crippen MR) is 91.1 cm³/mol. The molecule has 1 N–H and O–H groups in total. The predicted octanol–water partition coefficient (Wildman–Crippen LogP) is 3.53. The van der Waals surface area contributed by atoms with Gasteiger partial charge in [-0.25, -0.2) is 4.98 Å². The van der Waals surface area contributed by atoms with E-state index >= 15 is 0 Å². The number of nitrogens with zero attached hydrogens (tertiary/aromatic N) is 3. The minimum Gasteiger partial charge on any atom is -0.311 e. The molecule has 1 aliphatic heterocycles. The zero-order valence-electron chi connectivity index (χ0n) is 14.1. The highest BCUT2D eigenvalue weighted by molar-refractivity contribution is 6.31. The SMILES string of the molecule is Cc1nc(C2CCN(Cc3ncc(C(F)(F)F)cc3Cl)CC2)cc(=O)[nH]1. The van der Waals surface area contributed by atoms with Crippen LogP contribution in [-0.2, 0) is 12.7 Å². The van der Waals surface area contributed by atoms with E-state index in [9.17, 15) is 18.0 Å². The number of halogens is 4. The second-order valence-corrected chi connectivity index (χ2v) is 6.86. The highest BCUT2D eigenvalue weighted by atomic mass is 35.5. The lowest BCUT2D eigenvalue weighted by Crippen LogP contribution is -2.33. The highest BCUT2D eigenvalue weighted by Crippen LogP contribution is 2.32. The van der Waals surface area contributed by atoms with Crippen molar-refractivity contribution in [1.82, 2.24) is 19.9 Å². The number of hydrogen-bond acceptors (Lipinski definition) is 4. The number of hydrogen-bond donors (Lipinski definition) is 1. The summed E-state index contributed by atoms with van der Waals surface area (Å²) in [7, 11) is 0. The first kappa shape index (κ1) is 18.8. The van der Waals surface area contributed by atoms with Gasteiger partial charge in [0.25, 0.3) is 5.56 Å². The van der Waals surface area contributed by atoms with E-state index in [1.807, 2.05) is 0 Å². The summed E-state index contributed by atoms with van der Waals surface area (Å²) < 4.78 is 38.0. The lowest BCUT2D eigenvalue weighted by atomic mass is 9.93. The van der Waals surface area contributed by atoms with Crippen LogP contribution in [0.15, 0.2) is 23.1 Å². The number of aromatic nitrogens is 3. The van der Waals surface area contributed by atoms with Gasteiger partial charge in [-0.2, -0.15) is 13.2 Å². The standard InChI is InChI=1S/C17H18ClF3N4O/c1-10-23-14(7-16(26)24-10)11-2-4-25(5-3-11)9-15-13(18)6-12(8-22-15)17(19,20)21/h6-8,11H,2-5,9H2,1H3,(H,23,24,26). The summed E-state index contributed by atoms with van der Waals surface area (Å²) in [4.78, 5) is 24.6. The van der Waals surface area contributed by atoms with Gasteiger partial charge < -0.3 is 4.98 Å². The van der Waals surface area contributed by atoms with E-state index in [4.69, 9.17) is 11.6 Å². The first-order valence-corrected chi connectivity index (χ1v) is 8.62. The lowest BCUT2D eigenvalue weighted by molar-refractivity contribution is -0.137. The van der Waals surface area contributed by atoms with Crippen LogP contribution in [0.5, 0.6) is 0 Å². The Morgan fingerprint density at radius 2 is 2.00 bits per heavy atom. The first-order chi connectivity index (χ1) is 12.2. The van der Waals surface area contributed by atoms with Crippen LogP contribution in [0.1, 0.15) is 41.5 Å². The van der Waals surface area contributed by atoms with E-state index in [2.05, 4.69) is 19.9 Å². The Balaban J connectivity index is 1.63. The third-order valence-electron chi connectivity index (χ3n) is 4.50. The van der Waals surface area contributed by atoms with Gasteiger partial charge in [-0.1, -0.05) is 11.6 Å². The van der Waals surface area contributed by atoms with Gasteiger partial charge in [0.05, 0.1) is 22.0 Å². The van der Waals surface area contributed by atoms with Gasteiger partial charge >= 0.3 is 6.18 Å². The number of nitrogens with one attached hydrogen (secondary N) is 1. The Bertz CT molecular complexity index is 845. The summed E-state index contributed by atoms with van der Waals surface area (Å²) in [6.45, 7) is 3.61. The first-order valence-electron chi connectivity index (χ1n) is 8.24. The van der Waals surface area contributed by atoms with Gasteiger partial charge in [0.1, 0.15) is 5.82 Å².